The molecule has 150 valence electrons. The van der Waals surface area contributed by atoms with Crippen molar-refractivity contribution in [3.8, 4) is 11.1 Å². The van der Waals surface area contributed by atoms with Crippen LogP contribution in [-0.4, -0.2) is 24.2 Å². The van der Waals surface area contributed by atoms with E-state index < -0.39 is 22.7 Å². The predicted octanol–water partition coefficient (Wildman–Crippen LogP) is 5.71. The molecule has 0 radical (unpaired) electrons. The normalized spacial score (nSPS) is 11.6. The lowest BCUT2D eigenvalue weighted by Gasteiger charge is -2.12. The van der Waals surface area contributed by atoms with Crippen LogP contribution in [-0.2, 0) is 11.0 Å². The Morgan fingerprint density at radius 2 is 1.90 bits per heavy atom. The highest BCUT2D eigenvalue weighted by Gasteiger charge is 2.39. The Morgan fingerprint density at radius 1 is 1.21 bits per heavy atom. The van der Waals surface area contributed by atoms with Crippen LogP contribution in [0.1, 0.15) is 20.9 Å². The van der Waals surface area contributed by atoms with Crippen molar-refractivity contribution in [2.75, 3.05) is 12.4 Å². The number of oxime groups is 1. The number of hydrogen-bond acceptors (Lipinski definition) is 5. The highest BCUT2D eigenvalue weighted by molar-refractivity contribution is 7.17. The molecule has 2 aromatic carbocycles. The second-order valence-corrected chi connectivity index (χ2v) is 7.26. The molecule has 0 bridgehead atoms. The summed E-state index contributed by atoms with van der Waals surface area (Å²) in [5, 5.41) is 6.20. The van der Waals surface area contributed by atoms with Crippen LogP contribution < -0.4 is 5.32 Å². The SMILES string of the molecule is CO/N=C/c1ccc(-c2ccccc2NC(=O)c2sc(Cl)nc2C(F)(F)F)cc1. The molecule has 1 N–H and O–H groups in total. The maximum Gasteiger partial charge on any atom is 0.435 e. The fourth-order valence-electron chi connectivity index (χ4n) is 2.53. The fourth-order valence-corrected chi connectivity index (χ4v) is 3.55. The van der Waals surface area contributed by atoms with Crippen molar-refractivity contribution in [2.45, 2.75) is 6.18 Å². The number of alkyl halides is 3. The zero-order valence-electron chi connectivity index (χ0n) is 14.8. The van der Waals surface area contributed by atoms with Crippen LogP contribution in [0, 0.1) is 0 Å². The van der Waals surface area contributed by atoms with Gasteiger partial charge in [-0.2, -0.15) is 13.2 Å². The quantitative estimate of drug-likeness (QED) is 0.409. The maximum atomic E-state index is 13.1. The fraction of sp³-hybridized carbons (Fsp3) is 0.105. The third-order valence-corrected chi connectivity index (χ3v) is 4.94. The van der Waals surface area contributed by atoms with E-state index in [1.54, 1.807) is 48.5 Å². The van der Waals surface area contributed by atoms with Gasteiger partial charge in [-0.1, -0.05) is 70.6 Å². The second kappa shape index (κ2) is 8.62. The van der Waals surface area contributed by atoms with Gasteiger partial charge in [0, 0.05) is 11.3 Å². The third-order valence-electron chi connectivity index (χ3n) is 3.78. The number of aromatic nitrogens is 1. The number of halogens is 4. The van der Waals surface area contributed by atoms with Crippen molar-refractivity contribution in [1.82, 2.24) is 4.98 Å². The Labute approximate surface area is 172 Å². The minimum absolute atomic E-state index is 0.355. The van der Waals surface area contributed by atoms with Gasteiger partial charge in [-0.15, -0.1) is 0 Å². The van der Waals surface area contributed by atoms with Gasteiger partial charge >= 0.3 is 6.18 Å². The average molecular weight is 440 g/mol. The number of nitrogens with zero attached hydrogens (tertiary/aromatic N) is 2. The monoisotopic (exact) mass is 439 g/mol. The van der Waals surface area contributed by atoms with Crippen LogP contribution in [0.4, 0.5) is 18.9 Å². The molecular weight excluding hydrogens is 427 g/mol. The van der Waals surface area contributed by atoms with Crippen molar-refractivity contribution in [3.63, 3.8) is 0 Å². The van der Waals surface area contributed by atoms with Gasteiger partial charge in [-0.25, -0.2) is 4.98 Å². The van der Waals surface area contributed by atoms with Crippen molar-refractivity contribution in [1.29, 1.82) is 0 Å². The first-order valence-corrected chi connectivity index (χ1v) is 9.30. The number of thiazole rings is 1. The summed E-state index contributed by atoms with van der Waals surface area (Å²) in [4.78, 5) is 19.8. The highest BCUT2D eigenvalue weighted by Crippen LogP contribution is 2.37. The first-order chi connectivity index (χ1) is 13.8. The van der Waals surface area contributed by atoms with Gasteiger partial charge in [0.25, 0.3) is 5.91 Å². The largest absolute Gasteiger partial charge is 0.435 e. The lowest BCUT2D eigenvalue weighted by atomic mass is 10.0. The number of rotatable bonds is 5. The predicted molar refractivity (Wildman–Crippen MR) is 107 cm³/mol. The number of amides is 1. The van der Waals surface area contributed by atoms with Crippen LogP contribution in [0.5, 0.6) is 0 Å². The molecule has 10 heteroatoms. The van der Waals surface area contributed by atoms with E-state index in [1.807, 2.05) is 0 Å². The Bertz CT molecular complexity index is 1050. The van der Waals surface area contributed by atoms with Crippen LogP contribution in [0.2, 0.25) is 4.47 Å². The summed E-state index contributed by atoms with van der Waals surface area (Å²) >= 11 is 6.08. The van der Waals surface area contributed by atoms with Gasteiger partial charge in [-0.05, 0) is 17.2 Å². The molecule has 3 aromatic rings. The van der Waals surface area contributed by atoms with E-state index in [0.717, 1.165) is 11.1 Å². The smallest absolute Gasteiger partial charge is 0.399 e. The molecule has 1 aromatic heterocycles. The Morgan fingerprint density at radius 3 is 2.55 bits per heavy atom. The van der Waals surface area contributed by atoms with Crippen molar-refractivity contribution in [2.24, 2.45) is 5.16 Å². The van der Waals surface area contributed by atoms with Gasteiger partial charge in [0.1, 0.15) is 12.0 Å². The first-order valence-electron chi connectivity index (χ1n) is 8.10. The molecule has 29 heavy (non-hydrogen) atoms. The zero-order valence-corrected chi connectivity index (χ0v) is 16.4. The molecule has 0 atom stereocenters. The zero-order chi connectivity index (χ0) is 21.0. The van der Waals surface area contributed by atoms with E-state index in [1.165, 1.54) is 13.3 Å². The van der Waals surface area contributed by atoms with E-state index in [0.29, 0.717) is 22.6 Å². The molecule has 0 saturated carbocycles. The summed E-state index contributed by atoms with van der Waals surface area (Å²) in [6.07, 6.45) is -3.25. The number of hydrogen-bond donors (Lipinski definition) is 1. The Balaban J connectivity index is 1.91. The molecular formula is C19H13ClF3N3O2S. The average Bonchev–Trinajstić information content (AvgIpc) is 3.10. The van der Waals surface area contributed by atoms with Crippen LogP contribution in [0.25, 0.3) is 11.1 Å². The van der Waals surface area contributed by atoms with Crippen LogP contribution >= 0.6 is 22.9 Å². The number of carbonyl (C=O) groups is 1. The van der Waals surface area contributed by atoms with Crippen molar-refractivity contribution >= 4 is 40.7 Å². The molecule has 1 heterocycles. The molecule has 0 aliphatic carbocycles. The van der Waals surface area contributed by atoms with E-state index in [2.05, 4.69) is 20.3 Å². The minimum atomic E-state index is -4.78. The molecule has 0 aliphatic heterocycles. The van der Waals surface area contributed by atoms with Crippen LogP contribution in [0.3, 0.4) is 0 Å². The first kappa shape index (κ1) is 20.8. The topological polar surface area (TPSA) is 63.6 Å². The lowest BCUT2D eigenvalue weighted by Crippen LogP contribution is -2.17. The van der Waals surface area contributed by atoms with Gasteiger partial charge < -0.3 is 10.2 Å². The Kier molecular flexibility index (Phi) is 6.19. The molecule has 1 amide bonds. The van der Waals surface area contributed by atoms with Gasteiger partial charge in [0.05, 0.1) is 6.21 Å². The maximum absolute atomic E-state index is 13.1. The summed E-state index contributed by atoms with van der Waals surface area (Å²) in [7, 11) is 1.43. The number of nitrogens with one attached hydrogen (secondary N) is 1. The van der Waals surface area contributed by atoms with Crippen LogP contribution in [0.15, 0.2) is 53.7 Å². The number of carbonyl (C=O) groups excluding carboxylic acids is 1. The van der Waals surface area contributed by atoms with Crippen molar-refractivity contribution < 1.29 is 22.8 Å². The molecule has 3 rings (SSSR count). The summed E-state index contributed by atoms with van der Waals surface area (Å²) in [6, 6.07) is 14.0. The third kappa shape index (κ3) is 4.93. The standard InChI is InChI=1S/C19H13ClF3N3O2S/c1-28-24-10-11-6-8-12(9-7-11)13-4-2-3-5-14(13)25-17(27)15-16(19(21,22)23)26-18(20)29-15/h2-10H,1H3,(H,25,27)/b24-10+. The molecule has 0 unspecified atom stereocenters. The Hall–Kier alpha value is -2.91. The summed E-state index contributed by atoms with van der Waals surface area (Å²) in [5.74, 6) is -0.932. The van der Waals surface area contributed by atoms with E-state index >= 15 is 0 Å². The molecule has 0 aliphatic rings. The lowest BCUT2D eigenvalue weighted by molar-refractivity contribution is -0.141. The van der Waals surface area contributed by atoms with Crippen molar-refractivity contribution in [3.05, 3.63) is 69.1 Å². The summed E-state index contributed by atoms with van der Waals surface area (Å²) in [6.45, 7) is 0. The second-order valence-electron chi connectivity index (χ2n) is 5.68. The minimum Gasteiger partial charge on any atom is -0.399 e. The number of anilines is 1. The van der Waals surface area contributed by atoms with Gasteiger partial charge in [0.2, 0.25) is 0 Å². The van der Waals surface area contributed by atoms with Gasteiger partial charge in [-0.3, -0.25) is 4.79 Å². The number of para-hydroxylation sites is 1. The summed E-state index contributed by atoms with van der Waals surface area (Å²) < 4.78 is 39.0. The van der Waals surface area contributed by atoms with E-state index in [9.17, 15) is 18.0 Å². The highest BCUT2D eigenvalue weighted by atomic mass is 35.5. The summed E-state index contributed by atoms with van der Waals surface area (Å²) in [5.41, 5.74) is 1.25. The molecule has 5 nitrogen and oxygen atoms in total. The van der Waals surface area contributed by atoms with E-state index in [4.69, 9.17) is 11.6 Å². The molecule has 0 fully saturated rings. The molecule has 0 saturated heterocycles. The van der Waals surface area contributed by atoms with Gasteiger partial charge in [0.15, 0.2) is 10.2 Å². The van der Waals surface area contributed by atoms with E-state index in [-0.39, 0.29) is 4.47 Å². The number of benzene rings is 2. The molecule has 0 spiro atoms.